The van der Waals surface area contributed by atoms with Gasteiger partial charge in [0, 0.05) is 16.8 Å². The smallest absolute Gasteiger partial charge is 0.0368 e. The second kappa shape index (κ2) is 3.37. The van der Waals surface area contributed by atoms with Crippen LogP contribution in [0.4, 0.5) is 0 Å². The zero-order chi connectivity index (χ0) is 9.07. The summed E-state index contributed by atoms with van der Waals surface area (Å²) in [7, 11) is 0. The zero-order valence-electron chi connectivity index (χ0n) is 7.44. The summed E-state index contributed by atoms with van der Waals surface area (Å²) in [6, 6.07) is 0. The Hall–Kier alpha value is -1.05. The lowest BCUT2D eigenvalue weighted by atomic mass is 9.90. The van der Waals surface area contributed by atoms with E-state index in [4.69, 9.17) is 11.1 Å². The van der Waals surface area contributed by atoms with Crippen LogP contribution in [0.3, 0.4) is 0 Å². The van der Waals surface area contributed by atoms with Crippen LogP contribution >= 0.6 is 0 Å². The molecule has 2 nitrogen and oxygen atoms in total. The van der Waals surface area contributed by atoms with Gasteiger partial charge in [0.25, 0.3) is 0 Å². The van der Waals surface area contributed by atoms with Gasteiger partial charge in [-0.2, -0.15) is 0 Å². The van der Waals surface area contributed by atoms with Crippen LogP contribution in [-0.4, -0.2) is 5.71 Å². The van der Waals surface area contributed by atoms with Crippen molar-refractivity contribution in [1.29, 1.82) is 5.41 Å². The predicted octanol–water partition coefficient (Wildman–Crippen LogP) is 2.08. The number of hydrogen-bond donors (Lipinski definition) is 2. The van der Waals surface area contributed by atoms with E-state index in [1.807, 2.05) is 20.8 Å². The Morgan fingerprint density at radius 1 is 1.36 bits per heavy atom. The summed E-state index contributed by atoms with van der Waals surface area (Å²) in [4.78, 5) is 0. The van der Waals surface area contributed by atoms with Crippen LogP contribution in [-0.2, 0) is 0 Å². The van der Waals surface area contributed by atoms with Crippen LogP contribution in [0.2, 0.25) is 0 Å². The van der Waals surface area contributed by atoms with Crippen LogP contribution in [0.1, 0.15) is 20.8 Å². The normalized spacial score (nSPS) is 11.9. The molecular formula is C9H16N2. The number of nitrogens with two attached hydrogens (primary N) is 1. The third-order valence-electron chi connectivity index (χ3n) is 1.27. The SMILES string of the molecule is C=C(N)/C=C\C(=N)C(C)(C)C. The maximum atomic E-state index is 7.55. The summed E-state index contributed by atoms with van der Waals surface area (Å²) in [6.45, 7) is 9.46. The molecule has 2 heteroatoms. The molecule has 11 heavy (non-hydrogen) atoms. The van der Waals surface area contributed by atoms with Crippen LogP contribution in [0.5, 0.6) is 0 Å². The molecule has 0 unspecified atom stereocenters. The maximum Gasteiger partial charge on any atom is 0.0368 e. The predicted molar refractivity (Wildman–Crippen MR) is 49.6 cm³/mol. The highest BCUT2D eigenvalue weighted by Gasteiger charge is 2.13. The lowest BCUT2D eigenvalue weighted by molar-refractivity contribution is 0.590. The van der Waals surface area contributed by atoms with Crippen LogP contribution in [0.25, 0.3) is 0 Å². The molecule has 0 aromatic heterocycles. The third kappa shape index (κ3) is 4.37. The molecule has 0 saturated carbocycles. The van der Waals surface area contributed by atoms with Gasteiger partial charge >= 0.3 is 0 Å². The van der Waals surface area contributed by atoms with E-state index in [9.17, 15) is 0 Å². The first-order chi connectivity index (χ1) is 4.84. The molecule has 0 aliphatic heterocycles. The van der Waals surface area contributed by atoms with Crippen molar-refractivity contribution in [2.24, 2.45) is 11.1 Å². The summed E-state index contributed by atoms with van der Waals surface area (Å²) >= 11 is 0. The Morgan fingerprint density at radius 3 is 2.09 bits per heavy atom. The summed E-state index contributed by atoms with van der Waals surface area (Å²) in [5.41, 5.74) is 6.25. The highest BCUT2D eigenvalue weighted by Crippen LogP contribution is 2.15. The highest BCUT2D eigenvalue weighted by molar-refractivity contribution is 5.96. The Labute approximate surface area is 68.3 Å². The second-order valence-corrected chi connectivity index (χ2v) is 3.57. The average Bonchev–Trinajstić information content (AvgIpc) is 1.80. The molecular weight excluding hydrogens is 136 g/mol. The van der Waals surface area contributed by atoms with E-state index < -0.39 is 0 Å². The van der Waals surface area contributed by atoms with Gasteiger partial charge in [-0.3, -0.25) is 0 Å². The Balaban J connectivity index is 4.20. The van der Waals surface area contributed by atoms with Crippen molar-refractivity contribution in [3.8, 4) is 0 Å². The second-order valence-electron chi connectivity index (χ2n) is 3.57. The van der Waals surface area contributed by atoms with Gasteiger partial charge in [0.15, 0.2) is 0 Å². The quantitative estimate of drug-likeness (QED) is 0.462. The van der Waals surface area contributed by atoms with Crippen LogP contribution in [0, 0.1) is 10.8 Å². The number of rotatable bonds is 2. The van der Waals surface area contributed by atoms with Crippen molar-refractivity contribution in [3.05, 3.63) is 24.4 Å². The molecule has 0 atom stereocenters. The van der Waals surface area contributed by atoms with Gasteiger partial charge in [0.05, 0.1) is 0 Å². The van der Waals surface area contributed by atoms with E-state index in [2.05, 4.69) is 6.58 Å². The van der Waals surface area contributed by atoms with Crippen molar-refractivity contribution < 1.29 is 0 Å². The zero-order valence-corrected chi connectivity index (χ0v) is 7.44. The van der Waals surface area contributed by atoms with Gasteiger partial charge in [-0.25, -0.2) is 0 Å². The Kier molecular flexibility index (Phi) is 3.05. The number of hydrogen-bond acceptors (Lipinski definition) is 2. The van der Waals surface area contributed by atoms with Gasteiger partial charge in [-0.15, -0.1) is 0 Å². The van der Waals surface area contributed by atoms with Gasteiger partial charge in [-0.1, -0.05) is 27.4 Å². The minimum atomic E-state index is -0.105. The first kappa shape index (κ1) is 9.95. The topological polar surface area (TPSA) is 49.9 Å². The fourth-order valence-electron chi connectivity index (χ4n) is 0.440. The van der Waals surface area contributed by atoms with Gasteiger partial charge in [0.2, 0.25) is 0 Å². The Morgan fingerprint density at radius 2 is 1.82 bits per heavy atom. The van der Waals surface area contributed by atoms with Crippen molar-refractivity contribution in [2.45, 2.75) is 20.8 Å². The van der Waals surface area contributed by atoms with Gasteiger partial charge < -0.3 is 11.1 Å². The first-order valence-electron chi connectivity index (χ1n) is 3.55. The van der Waals surface area contributed by atoms with Crippen molar-refractivity contribution >= 4 is 5.71 Å². The molecule has 0 aromatic rings. The van der Waals surface area contributed by atoms with Crippen LogP contribution in [0.15, 0.2) is 24.4 Å². The van der Waals surface area contributed by atoms with Crippen LogP contribution < -0.4 is 5.73 Å². The Bertz CT molecular complexity index is 194. The fraction of sp³-hybridized carbons (Fsp3) is 0.444. The van der Waals surface area contributed by atoms with Gasteiger partial charge in [-0.05, 0) is 12.2 Å². The highest BCUT2D eigenvalue weighted by atomic mass is 14.5. The maximum absolute atomic E-state index is 7.55. The van der Waals surface area contributed by atoms with Crippen molar-refractivity contribution in [2.75, 3.05) is 0 Å². The molecule has 0 aromatic carbocycles. The minimum absolute atomic E-state index is 0.105. The molecule has 0 bridgehead atoms. The van der Waals surface area contributed by atoms with E-state index in [1.54, 1.807) is 12.2 Å². The van der Waals surface area contributed by atoms with E-state index in [0.29, 0.717) is 11.4 Å². The molecule has 0 radical (unpaired) electrons. The standard InChI is InChI=1S/C9H16N2/c1-7(10)5-6-8(11)9(2,3)4/h5-6,11H,1,10H2,2-4H3/b6-5-,11-8?. The third-order valence-corrected chi connectivity index (χ3v) is 1.27. The lowest BCUT2D eigenvalue weighted by Gasteiger charge is -2.16. The molecule has 62 valence electrons. The van der Waals surface area contributed by atoms with Crippen molar-refractivity contribution in [3.63, 3.8) is 0 Å². The summed E-state index contributed by atoms with van der Waals surface area (Å²) in [6.07, 6.45) is 3.33. The largest absolute Gasteiger partial charge is 0.399 e. The molecule has 0 aliphatic carbocycles. The van der Waals surface area contributed by atoms with E-state index >= 15 is 0 Å². The molecule has 3 N–H and O–H groups in total. The number of allylic oxidation sites excluding steroid dienone is 2. The summed E-state index contributed by atoms with van der Waals surface area (Å²) in [5, 5.41) is 7.55. The fourth-order valence-corrected chi connectivity index (χ4v) is 0.440. The molecule has 0 saturated heterocycles. The van der Waals surface area contributed by atoms with E-state index in [-0.39, 0.29) is 5.41 Å². The molecule has 0 fully saturated rings. The minimum Gasteiger partial charge on any atom is -0.399 e. The molecule has 0 spiro atoms. The van der Waals surface area contributed by atoms with E-state index in [0.717, 1.165) is 0 Å². The van der Waals surface area contributed by atoms with Crippen molar-refractivity contribution in [1.82, 2.24) is 0 Å². The molecule has 0 amide bonds. The summed E-state index contributed by atoms with van der Waals surface area (Å²) in [5.74, 6) is 0. The van der Waals surface area contributed by atoms with Gasteiger partial charge in [0.1, 0.15) is 0 Å². The van der Waals surface area contributed by atoms with E-state index in [1.165, 1.54) is 0 Å². The number of nitrogens with one attached hydrogen (secondary N) is 1. The first-order valence-corrected chi connectivity index (χ1v) is 3.55. The lowest BCUT2D eigenvalue weighted by Crippen LogP contribution is -2.16. The average molecular weight is 152 g/mol. The molecule has 0 rings (SSSR count). The monoisotopic (exact) mass is 152 g/mol. The molecule has 0 aliphatic rings. The molecule has 0 heterocycles. The summed E-state index contributed by atoms with van der Waals surface area (Å²) < 4.78 is 0.